The van der Waals surface area contributed by atoms with E-state index in [1.54, 1.807) is 0 Å². The molecule has 0 aliphatic carbocycles. The van der Waals surface area contributed by atoms with Crippen molar-refractivity contribution in [2.75, 3.05) is 39.3 Å². The molecule has 2 fully saturated rings. The molecule has 0 radical (unpaired) electrons. The van der Waals surface area contributed by atoms with Crippen LogP contribution in [0.3, 0.4) is 0 Å². The molecule has 1 amide bonds. The molecule has 2 aromatic carbocycles. The lowest BCUT2D eigenvalue weighted by molar-refractivity contribution is -0.162. The molecule has 4 rings (SSSR count). The summed E-state index contributed by atoms with van der Waals surface area (Å²) in [5.74, 6) is -2.32. The van der Waals surface area contributed by atoms with Crippen molar-refractivity contribution >= 4 is 11.9 Å². The molecule has 0 saturated carbocycles. The van der Waals surface area contributed by atoms with Crippen molar-refractivity contribution in [2.45, 2.75) is 97.2 Å². The van der Waals surface area contributed by atoms with Crippen molar-refractivity contribution in [1.82, 2.24) is 14.7 Å². The Bertz CT molecular complexity index is 1320. The van der Waals surface area contributed by atoms with Crippen molar-refractivity contribution in [3.05, 3.63) is 70.8 Å². The minimum Gasteiger partial charge on any atom is -0.459 e. The molecule has 6 nitrogen and oxygen atoms in total. The van der Waals surface area contributed by atoms with Gasteiger partial charge in [0.15, 0.2) is 0 Å². The van der Waals surface area contributed by atoms with Gasteiger partial charge in [0.1, 0.15) is 23.3 Å². The van der Waals surface area contributed by atoms with Gasteiger partial charge in [0.05, 0.1) is 5.92 Å². The summed E-state index contributed by atoms with van der Waals surface area (Å²) in [6, 6.07) is 11.6. The van der Waals surface area contributed by atoms with Gasteiger partial charge in [-0.05, 0) is 76.1 Å². The van der Waals surface area contributed by atoms with E-state index >= 15 is 0 Å². The number of amides is 1. The van der Waals surface area contributed by atoms with E-state index < -0.39 is 29.2 Å². The Hall–Kier alpha value is -2.84. The smallest absolute Gasteiger partial charge is 0.324 e. The van der Waals surface area contributed by atoms with E-state index in [1.165, 1.54) is 17.7 Å². The van der Waals surface area contributed by atoms with Crippen LogP contribution in [0.5, 0.6) is 0 Å². The number of hydrogen-bond donors (Lipinski definition) is 0. The third-order valence-electron chi connectivity index (χ3n) is 8.94. The van der Waals surface area contributed by atoms with Crippen LogP contribution in [-0.2, 0) is 26.2 Å². The molecule has 0 aromatic heterocycles. The lowest BCUT2D eigenvalue weighted by Crippen LogP contribution is -2.56. The summed E-state index contributed by atoms with van der Waals surface area (Å²) in [5.41, 5.74) is 1.90. The van der Waals surface area contributed by atoms with Gasteiger partial charge in [-0.15, -0.1) is 0 Å². The van der Waals surface area contributed by atoms with Gasteiger partial charge in [0.25, 0.3) is 0 Å². The molecule has 2 aromatic rings. The summed E-state index contributed by atoms with van der Waals surface area (Å²) in [5, 5.41) is 0. The van der Waals surface area contributed by atoms with Crippen LogP contribution in [0, 0.1) is 17.6 Å². The maximum absolute atomic E-state index is 15.0. The van der Waals surface area contributed by atoms with E-state index in [0.29, 0.717) is 51.3 Å². The Morgan fingerprint density at radius 1 is 0.864 bits per heavy atom. The number of hydrogen-bond acceptors (Lipinski definition) is 5. The largest absolute Gasteiger partial charge is 0.459 e. The van der Waals surface area contributed by atoms with Gasteiger partial charge >= 0.3 is 5.97 Å². The summed E-state index contributed by atoms with van der Waals surface area (Å²) < 4.78 is 34.6. The molecular formula is C36H51F2N3O3. The topological polar surface area (TPSA) is 53.1 Å². The zero-order valence-electron chi connectivity index (χ0n) is 28.0. The highest BCUT2D eigenvalue weighted by Crippen LogP contribution is 2.38. The molecule has 0 bridgehead atoms. The first kappa shape index (κ1) is 34.0. The molecule has 2 saturated heterocycles. The summed E-state index contributed by atoms with van der Waals surface area (Å²) in [4.78, 5) is 33.7. The highest BCUT2D eigenvalue weighted by atomic mass is 19.1. The third-order valence-corrected chi connectivity index (χ3v) is 8.94. The van der Waals surface area contributed by atoms with E-state index in [-0.39, 0.29) is 28.7 Å². The van der Waals surface area contributed by atoms with E-state index in [4.69, 9.17) is 4.74 Å². The first-order valence-corrected chi connectivity index (χ1v) is 15.9. The highest BCUT2D eigenvalue weighted by Gasteiger charge is 2.45. The number of rotatable bonds is 6. The quantitative estimate of drug-likeness (QED) is 0.366. The average molecular weight is 612 g/mol. The number of esters is 1. The summed E-state index contributed by atoms with van der Waals surface area (Å²) in [7, 11) is 0. The fourth-order valence-corrected chi connectivity index (χ4v) is 6.30. The SMILES string of the molecule is CC(C)(C)OC(=O)[C@H](Cc1ccc(C(C)(C)C)cc1)N1CCN(C(=O)[C@@H]2CN(C(C)(C)C)C[C@H]2c2ccc(F)cc2F)CC1. The van der Waals surface area contributed by atoms with Crippen LogP contribution in [0.2, 0.25) is 0 Å². The van der Waals surface area contributed by atoms with Crippen LogP contribution in [-0.4, -0.2) is 83.0 Å². The number of likely N-dealkylation sites (tertiary alicyclic amines) is 1. The van der Waals surface area contributed by atoms with Crippen LogP contribution < -0.4 is 0 Å². The van der Waals surface area contributed by atoms with E-state index in [9.17, 15) is 18.4 Å². The van der Waals surface area contributed by atoms with Gasteiger partial charge in [0, 0.05) is 56.8 Å². The number of piperazine rings is 1. The van der Waals surface area contributed by atoms with Gasteiger partial charge in [-0.1, -0.05) is 51.1 Å². The Morgan fingerprint density at radius 3 is 2.00 bits per heavy atom. The number of carbonyl (C=O) groups is 2. The fourth-order valence-electron chi connectivity index (χ4n) is 6.30. The van der Waals surface area contributed by atoms with Gasteiger partial charge < -0.3 is 9.64 Å². The predicted octanol–water partition coefficient (Wildman–Crippen LogP) is 6.17. The zero-order valence-corrected chi connectivity index (χ0v) is 28.0. The summed E-state index contributed by atoms with van der Waals surface area (Å²) in [6.45, 7) is 21.4. The molecule has 0 N–H and O–H groups in total. The molecule has 242 valence electrons. The van der Waals surface area contributed by atoms with Crippen molar-refractivity contribution in [3.8, 4) is 0 Å². The Balaban J connectivity index is 1.50. The highest BCUT2D eigenvalue weighted by molar-refractivity contribution is 5.81. The lowest BCUT2D eigenvalue weighted by atomic mass is 9.86. The van der Waals surface area contributed by atoms with Crippen molar-refractivity contribution < 1.29 is 23.1 Å². The number of carbonyl (C=O) groups excluding carboxylic acids is 2. The van der Waals surface area contributed by atoms with Crippen molar-refractivity contribution in [2.24, 2.45) is 5.92 Å². The lowest BCUT2D eigenvalue weighted by Gasteiger charge is -2.40. The second kappa shape index (κ2) is 12.9. The fraction of sp³-hybridized carbons (Fsp3) is 0.611. The second-order valence-corrected chi connectivity index (χ2v) is 15.5. The Kier molecular flexibility index (Phi) is 9.96. The van der Waals surface area contributed by atoms with Crippen LogP contribution in [0.25, 0.3) is 0 Å². The van der Waals surface area contributed by atoms with Crippen LogP contribution in [0.15, 0.2) is 42.5 Å². The molecule has 2 aliphatic heterocycles. The molecule has 2 heterocycles. The minimum absolute atomic E-state index is 0.0169. The third kappa shape index (κ3) is 8.25. The van der Waals surface area contributed by atoms with Crippen LogP contribution in [0.4, 0.5) is 8.78 Å². The van der Waals surface area contributed by atoms with Gasteiger partial charge in [-0.2, -0.15) is 0 Å². The van der Waals surface area contributed by atoms with Crippen molar-refractivity contribution in [1.29, 1.82) is 0 Å². The normalized spacial score (nSPS) is 21.4. The average Bonchev–Trinajstić information content (AvgIpc) is 3.36. The molecule has 44 heavy (non-hydrogen) atoms. The zero-order chi connectivity index (χ0) is 32.6. The van der Waals surface area contributed by atoms with Crippen molar-refractivity contribution in [3.63, 3.8) is 0 Å². The van der Waals surface area contributed by atoms with E-state index in [1.807, 2.05) is 25.7 Å². The standard InChI is InChI=1S/C36H51F2N3O3/c1-34(2,3)25-12-10-24(11-13-25)20-31(33(43)44-36(7,8)9)39-16-18-40(19-17-39)32(42)29-23-41(35(4,5)6)22-28(29)27-15-14-26(37)21-30(27)38/h10-15,21,28-29,31H,16-20,22-23H2,1-9H3/t28-,29+,31-/m0/s1. The maximum Gasteiger partial charge on any atom is 0.324 e. The van der Waals surface area contributed by atoms with Gasteiger partial charge in [-0.3, -0.25) is 19.4 Å². The van der Waals surface area contributed by atoms with E-state index in [0.717, 1.165) is 11.6 Å². The predicted molar refractivity (Wildman–Crippen MR) is 171 cm³/mol. The Labute approximate surface area is 262 Å². The molecule has 2 aliphatic rings. The molecular weight excluding hydrogens is 560 g/mol. The number of halogens is 2. The van der Waals surface area contributed by atoms with Gasteiger partial charge in [0.2, 0.25) is 5.91 Å². The van der Waals surface area contributed by atoms with Crippen LogP contribution in [0.1, 0.15) is 84.9 Å². The number of nitrogens with zero attached hydrogens (tertiary/aromatic N) is 3. The first-order chi connectivity index (χ1) is 20.3. The molecule has 0 spiro atoms. The maximum atomic E-state index is 15.0. The van der Waals surface area contributed by atoms with Gasteiger partial charge in [-0.25, -0.2) is 8.78 Å². The Morgan fingerprint density at radius 2 is 1.48 bits per heavy atom. The summed E-state index contributed by atoms with van der Waals surface area (Å²) >= 11 is 0. The number of ether oxygens (including phenoxy) is 1. The second-order valence-electron chi connectivity index (χ2n) is 15.5. The monoisotopic (exact) mass is 611 g/mol. The van der Waals surface area contributed by atoms with E-state index in [2.05, 4.69) is 75.6 Å². The number of benzene rings is 2. The molecule has 0 unspecified atom stereocenters. The first-order valence-electron chi connectivity index (χ1n) is 15.9. The molecule has 8 heteroatoms. The molecule has 3 atom stereocenters. The van der Waals surface area contributed by atoms with Crippen LogP contribution >= 0.6 is 0 Å². The minimum atomic E-state index is -0.624. The summed E-state index contributed by atoms with van der Waals surface area (Å²) in [6.07, 6.45) is 0.516.